The monoisotopic (exact) mass is 283 g/mol. The zero-order chi connectivity index (χ0) is 14.0. The highest BCUT2D eigenvalue weighted by Crippen LogP contribution is 2.21. The van der Waals surface area contributed by atoms with Crippen LogP contribution in [0.4, 0.5) is 0 Å². The first-order valence-corrected chi connectivity index (χ1v) is 6.30. The summed E-state index contributed by atoms with van der Waals surface area (Å²) in [6, 6.07) is 1.02. The third kappa shape index (κ3) is 2.84. The molecule has 102 valence electrons. The molecule has 1 aromatic rings. The van der Waals surface area contributed by atoms with E-state index in [1.165, 1.54) is 12.0 Å². The molecular formula is C12H14ClN3O3. The van der Waals surface area contributed by atoms with Gasteiger partial charge in [0.05, 0.1) is 7.11 Å². The molecule has 6 nitrogen and oxygen atoms in total. The van der Waals surface area contributed by atoms with Crippen LogP contribution in [0.25, 0.3) is 0 Å². The van der Waals surface area contributed by atoms with E-state index in [2.05, 4.69) is 9.97 Å². The summed E-state index contributed by atoms with van der Waals surface area (Å²) in [5.41, 5.74) is 0.811. The molecule has 0 bridgehead atoms. The highest BCUT2D eigenvalue weighted by Gasteiger charge is 2.35. The average Bonchev–Trinajstić information content (AvgIpc) is 2.84. The van der Waals surface area contributed by atoms with Crippen molar-refractivity contribution in [3.63, 3.8) is 0 Å². The number of hydrogen-bond donors (Lipinski definition) is 0. The highest BCUT2D eigenvalue weighted by molar-refractivity contribution is 6.28. The Morgan fingerprint density at radius 1 is 1.47 bits per heavy atom. The van der Waals surface area contributed by atoms with Gasteiger partial charge in [0, 0.05) is 12.2 Å². The molecule has 1 saturated heterocycles. The predicted molar refractivity (Wildman–Crippen MR) is 67.9 cm³/mol. The second kappa shape index (κ2) is 5.52. The van der Waals surface area contributed by atoms with Crippen molar-refractivity contribution >= 4 is 23.5 Å². The number of methoxy groups -OCH3 is 1. The zero-order valence-electron chi connectivity index (χ0n) is 10.7. The van der Waals surface area contributed by atoms with Crippen LogP contribution in [0.5, 0.6) is 0 Å². The van der Waals surface area contributed by atoms with E-state index in [1.54, 1.807) is 13.0 Å². The number of hydrogen-bond acceptors (Lipinski definition) is 5. The SMILES string of the molecule is COC(=O)C1CCCN1C(=O)c1cc(C)nc(Cl)n1. The summed E-state index contributed by atoms with van der Waals surface area (Å²) in [6.45, 7) is 2.24. The van der Waals surface area contributed by atoms with Gasteiger partial charge in [-0.1, -0.05) is 0 Å². The van der Waals surface area contributed by atoms with Crippen LogP contribution < -0.4 is 0 Å². The fourth-order valence-electron chi connectivity index (χ4n) is 2.18. The van der Waals surface area contributed by atoms with Crippen molar-refractivity contribution in [2.75, 3.05) is 13.7 Å². The van der Waals surface area contributed by atoms with Crippen molar-refractivity contribution in [2.45, 2.75) is 25.8 Å². The van der Waals surface area contributed by atoms with E-state index in [0.29, 0.717) is 18.7 Å². The van der Waals surface area contributed by atoms with Gasteiger partial charge in [0.15, 0.2) is 0 Å². The standard InChI is InChI=1S/C12H14ClN3O3/c1-7-6-8(15-12(13)14-7)10(17)16-5-3-4-9(16)11(18)19-2/h6,9H,3-5H2,1-2H3. The van der Waals surface area contributed by atoms with E-state index in [-0.39, 0.29) is 16.9 Å². The Bertz CT molecular complexity index is 501. The number of esters is 1. The van der Waals surface area contributed by atoms with Crippen LogP contribution in [-0.2, 0) is 9.53 Å². The van der Waals surface area contributed by atoms with Crippen LogP contribution in [0.2, 0.25) is 5.28 Å². The predicted octanol–water partition coefficient (Wildman–Crippen LogP) is 1.22. The van der Waals surface area contributed by atoms with Crippen molar-refractivity contribution in [1.29, 1.82) is 0 Å². The van der Waals surface area contributed by atoms with Crippen molar-refractivity contribution in [2.24, 2.45) is 0 Å². The van der Waals surface area contributed by atoms with Gasteiger partial charge in [0.25, 0.3) is 5.91 Å². The van der Waals surface area contributed by atoms with E-state index >= 15 is 0 Å². The van der Waals surface area contributed by atoms with Gasteiger partial charge in [0.2, 0.25) is 5.28 Å². The lowest BCUT2D eigenvalue weighted by Gasteiger charge is -2.22. The topological polar surface area (TPSA) is 72.4 Å². The molecule has 1 fully saturated rings. The van der Waals surface area contributed by atoms with Gasteiger partial charge >= 0.3 is 5.97 Å². The summed E-state index contributed by atoms with van der Waals surface area (Å²) in [5.74, 6) is -0.719. The Hall–Kier alpha value is -1.69. The van der Waals surface area contributed by atoms with Crippen LogP contribution in [-0.4, -0.2) is 46.4 Å². The van der Waals surface area contributed by atoms with Crippen LogP contribution in [0, 0.1) is 6.92 Å². The Morgan fingerprint density at radius 2 is 2.21 bits per heavy atom. The molecule has 0 aromatic carbocycles. The van der Waals surface area contributed by atoms with Crippen LogP contribution >= 0.6 is 11.6 Å². The van der Waals surface area contributed by atoms with Gasteiger partial charge in [-0.2, -0.15) is 0 Å². The molecule has 2 heterocycles. The summed E-state index contributed by atoms with van der Waals surface area (Å²) in [6.07, 6.45) is 1.37. The Kier molecular flexibility index (Phi) is 3.99. The summed E-state index contributed by atoms with van der Waals surface area (Å²) >= 11 is 5.74. The van der Waals surface area contributed by atoms with Crippen molar-refractivity contribution < 1.29 is 14.3 Å². The fraction of sp³-hybridized carbons (Fsp3) is 0.500. The van der Waals surface area contributed by atoms with Crippen LogP contribution in [0.15, 0.2) is 6.07 Å². The van der Waals surface area contributed by atoms with Gasteiger partial charge in [-0.3, -0.25) is 4.79 Å². The number of aryl methyl sites for hydroxylation is 1. The lowest BCUT2D eigenvalue weighted by molar-refractivity contribution is -0.145. The number of nitrogens with zero attached hydrogens (tertiary/aromatic N) is 3. The minimum Gasteiger partial charge on any atom is -0.467 e. The Balaban J connectivity index is 2.25. The minimum absolute atomic E-state index is 0.0252. The summed E-state index contributed by atoms with van der Waals surface area (Å²) < 4.78 is 4.71. The summed E-state index contributed by atoms with van der Waals surface area (Å²) in [5, 5.41) is 0.0252. The molecule has 1 aliphatic rings. The molecule has 7 heteroatoms. The smallest absolute Gasteiger partial charge is 0.328 e. The third-order valence-corrected chi connectivity index (χ3v) is 3.20. The van der Waals surface area contributed by atoms with E-state index in [4.69, 9.17) is 16.3 Å². The van der Waals surface area contributed by atoms with Crippen molar-refractivity contribution in [3.05, 3.63) is 22.7 Å². The maximum Gasteiger partial charge on any atom is 0.328 e. The fourth-order valence-corrected chi connectivity index (χ4v) is 2.40. The van der Waals surface area contributed by atoms with Crippen LogP contribution in [0.1, 0.15) is 29.0 Å². The number of rotatable bonds is 2. The molecule has 1 aromatic heterocycles. The summed E-state index contributed by atoms with van der Waals surface area (Å²) in [4.78, 5) is 33.3. The quantitative estimate of drug-likeness (QED) is 0.603. The van der Waals surface area contributed by atoms with Crippen molar-refractivity contribution in [3.8, 4) is 0 Å². The first-order valence-electron chi connectivity index (χ1n) is 5.93. The molecule has 19 heavy (non-hydrogen) atoms. The molecule has 0 saturated carbocycles. The number of aromatic nitrogens is 2. The molecule has 2 rings (SSSR count). The molecular weight excluding hydrogens is 270 g/mol. The lowest BCUT2D eigenvalue weighted by Crippen LogP contribution is -2.41. The number of carbonyl (C=O) groups excluding carboxylic acids is 2. The molecule has 1 unspecified atom stereocenters. The minimum atomic E-state index is -0.536. The maximum atomic E-state index is 12.4. The second-order valence-corrected chi connectivity index (χ2v) is 4.68. The van der Waals surface area contributed by atoms with Crippen LogP contribution in [0.3, 0.4) is 0 Å². The third-order valence-electron chi connectivity index (χ3n) is 3.03. The Labute approximate surface area is 115 Å². The number of carbonyl (C=O) groups is 2. The highest BCUT2D eigenvalue weighted by atomic mass is 35.5. The second-order valence-electron chi connectivity index (χ2n) is 4.34. The summed E-state index contributed by atoms with van der Waals surface area (Å²) in [7, 11) is 1.31. The van der Waals surface area contributed by atoms with Gasteiger partial charge in [-0.15, -0.1) is 0 Å². The van der Waals surface area contributed by atoms with E-state index in [9.17, 15) is 9.59 Å². The number of halogens is 1. The van der Waals surface area contributed by atoms with Gasteiger partial charge in [-0.25, -0.2) is 14.8 Å². The van der Waals surface area contributed by atoms with Gasteiger partial charge in [0.1, 0.15) is 11.7 Å². The van der Waals surface area contributed by atoms with Crippen molar-refractivity contribution in [1.82, 2.24) is 14.9 Å². The van der Waals surface area contributed by atoms with Gasteiger partial charge in [-0.05, 0) is 37.4 Å². The molecule has 0 radical (unpaired) electrons. The maximum absolute atomic E-state index is 12.4. The molecule has 1 atom stereocenters. The normalized spacial score (nSPS) is 18.5. The first-order chi connectivity index (χ1) is 9.02. The largest absolute Gasteiger partial charge is 0.467 e. The molecule has 1 amide bonds. The van der Waals surface area contributed by atoms with E-state index in [1.807, 2.05) is 0 Å². The molecule has 1 aliphatic heterocycles. The number of amides is 1. The zero-order valence-corrected chi connectivity index (χ0v) is 11.5. The van der Waals surface area contributed by atoms with Gasteiger partial charge < -0.3 is 9.64 Å². The average molecular weight is 284 g/mol. The number of ether oxygens (including phenoxy) is 1. The number of likely N-dealkylation sites (tertiary alicyclic amines) is 1. The van der Waals surface area contributed by atoms with E-state index < -0.39 is 12.0 Å². The Morgan fingerprint density at radius 3 is 2.84 bits per heavy atom. The molecule has 0 spiro atoms. The molecule has 0 aliphatic carbocycles. The first kappa shape index (κ1) is 13.7. The molecule has 0 N–H and O–H groups in total. The van der Waals surface area contributed by atoms with E-state index in [0.717, 1.165) is 6.42 Å². The lowest BCUT2D eigenvalue weighted by atomic mass is 10.2.